The quantitative estimate of drug-likeness (QED) is 0.340. The summed E-state index contributed by atoms with van der Waals surface area (Å²) in [6, 6.07) is 10.6. The monoisotopic (exact) mass is 597 g/mol. The summed E-state index contributed by atoms with van der Waals surface area (Å²) >= 11 is 1.66. The predicted molar refractivity (Wildman–Crippen MR) is 166 cm³/mol. The van der Waals surface area contributed by atoms with Crippen molar-refractivity contribution in [2.75, 3.05) is 24.2 Å². The van der Waals surface area contributed by atoms with Crippen molar-refractivity contribution in [3.8, 4) is 0 Å². The van der Waals surface area contributed by atoms with Gasteiger partial charge in [-0.2, -0.15) is 0 Å². The molecule has 8 nitrogen and oxygen atoms in total. The van der Waals surface area contributed by atoms with Gasteiger partial charge in [-0.15, -0.1) is 11.3 Å². The number of likely N-dealkylation sites (tertiary alicyclic amines) is 1. The topological polar surface area (TPSA) is 104 Å². The third kappa shape index (κ3) is 6.44. The first-order valence-corrected chi connectivity index (χ1v) is 17.2. The Morgan fingerprint density at radius 3 is 2.46 bits per heavy atom. The van der Waals surface area contributed by atoms with E-state index < -0.39 is 21.4 Å². The second-order valence-electron chi connectivity index (χ2n) is 13.1. The van der Waals surface area contributed by atoms with Gasteiger partial charge in [0.25, 0.3) is 0 Å². The van der Waals surface area contributed by atoms with E-state index in [1.165, 1.54) is 4.88 Å². The van der Waals surface area contributed by atoms with Crippen molar-refractivity contribution in [2.24, 2.45) is 5.92 Å². The summed E-state index contributed by atoms with van der Waals surface area (Å²) in [5.41, 5.74) is 0.126. The van der Waals surface area contributed by atoms with Crippen LogP contribution in [-0.2, 0) is 20.0 Å². The van der Waals surface area contributed by atoms with E-state index in [1.54, 1.807) is 41.9 Å². The van der Waals surface area contributed by atoms with Crippen LogP contribution < -0.4 is 10.6 Å². The molecule has 1 amide bonds. The molecule has 1 saturated heterocycles. The van der Waals surface area contributed by atoms with Gasteiger partial charge in [-0.05, 0) is 68.2 Å². The highest BCUT2D eigenvalue weighted by Crippen LogP contribution is 2.40. The minimum Gasteiger partial charge on any atom is -0.357 e. The first-order chi connectivity index (χ1) is 19.4. The van der Waals surface area contributed by atoms with Crippen molar-refractivity contribution in [2.45, 2.75) is 94.7 Å². The van der Waals surface area contributed by atoms with E-state index in [4.69, 9.17) is 0 Å². The molecule has 2 fully saturated rings. The van der Waals surface area contributed by atoms with Crippen LogP contribution in [-0.4, -0.2) is 65.7 Å². The standard InChI is InChI=1S/C31H43N5O3S2/c1-21(2)18-32-22-11-14-31(15-12-22,19-41(38,39)23-9-7-6-8-10-23)36-16-13-24(29(36)37)35-28-27-25(33-20-34-28)17-26(40-27)30(3,4)5/h6-10,17,20-22,24,32H,11-16,18-19H2,1-5H3,(H,33,34,35)/t22?,24-,31?/m0/s1. The summed E-state index contributed by atoms with van der Waals surface area (Å²) in [6.07, 6.45) is 5.15. The molecule has 0 unspecified atom stereocenters. The van der Waals surface area contributed by atoms with Gasteiger partial charge in [-0.25, -0.2) is 18.4 Å². The number of nitrogens with zero attached hydrogens (tertiary/aromatic N) is 3. The second kappa shape index (κ2) is 11.6. The summed E-state index contributed by atoms with van der Waals surface area (Å²) < 4.78 is 28.3. The van der Waals surface area contributed by atoms with Crippen LogP contribution in [0.4, 0.5) is 5.82 Å². The van der Waals surface area contributed by atoms with E-state index in [9.17, 15) is 13.2 Å². The number of nitrogens with one attached hydrogen (secondary N) is 2. The molecule has 1 atom stereocenters. The molecule has 3 heterocycles. The Balaban J connectivity index is 1.39. The number of aromatic nitrogens is 2. The van der Waals surface area contributed by atoms with E-state index in [2.05, 4.69) is 61.3 Å². The summed E-state index contributed by atoms with van der Waals surface area (Å²) in [4.78, 5) is 26.4. The van der Waals surface area contributed by atoms with Gasteiger partial charge in [0.15, 0.2) is 9.84 Å². The van der Waals surface area contributed by atoms with Crippen LogP contribution in [0.25, 0.3) is 10.2 Å². The molecule has 3 aromatic rings. The smallest absolute Gasteiger partial charge is 0.245 e. The number of rotatable bonds is 9. The maximum atomic E-state index is 14.0. The minimum absolute atomic E-state index is 0.0118. The molecule has 222 valence electrons. The number of hydrogen-bond acceptors (Lipinski definition) is 8. The number of benzene rings is 1. The molecule has 1 aromatic carbocycles. The number of hydrogen-bond donors (Lipinski definition) is 2. The maximum absolute atomic E-state index is 14.0. The molecule has 2 aliphatic rings. The predicted octanol–water partition coefficient (Wildman–Crippen LogP) is 5.40. The third-order valence-corrected chi connectivity index (χ3v) is 11.9. The Morgan fingerprint density at radius 1 is 1.10 bits per heavy atom. The van der Waals surface area contributed by atoms with Crippen molar-refractivity contribution in [1.29, 1.82) is 0 Å². The molecule has 0 bridgehead atoms. The van der Waals surface area contributed by atoms with Crippen LogP contribution in [0.2, 0.25) is 0 Å². The van der Waals surface area contributed by atoms with Gasteiger partial charge in [0.1, 0.15) is 18.2 Å². The van der Waals surface area contributed by atoms with Gasteiger partial charge in [0.2, 0.25) is 5.91 Å². The number of carbonyl (C=O) groups excluding carboxylic acids is 1. The molecule has 0 spiro atoms. The van der Waals surface area contributed by atoms with Gasteiger partial charge in [-0.3, -0.25) is 4.79 Å². The summed E-state index contributed by atoms with van der Waals surface area (Å²) in [7, 11) is -3.59. The molecule has 2 N–H and O–H groups in total. The minimum atomic E-state index is -3.59. The highest BCUT2D eigenvalue weighted by Gasteiger charge is 2.49. The zero-order valence-corrected chi connectivity index (χ0v) is 26.4. The SMILES string of the molecule is CC(C)CNC1CCC(CS(=O)(=O)c2ccccc2)(N2CC[C@H](Nc3ncnc4cc(C(C)(C)C)sc34)C2=O)CC1. The number of carbonyl (C=O) groups is 1. The first kappa shape index (κ1) is 29.9. The highest BCUT2D eigenvalue weighted by molar-refractivity contribution is 7.91. The molecule has 0 radical (unpaired) electrons. The van der Waals surface area contributed by atoms with Gasteiger partial charge in [0.05, 0.1) is 26.4 Å². The number of fused-ring (bicyclic) bond motifs is 1. The Kier molecular flexibility index (Phi) is 8.47. The van der Waals surface area contributed by atoms with E-state index in [1.807, 2.05) is 11.0 Å². The fourth-order valence-electron chi connectivity index (χ4n) is 6.10. The summed E-state index contributed by atoms with van der Waals surface area (Å²) in [6.45, 7) is 12.4. The number of sulfone groups is 1. The fourth-order valence-corrected chi connectivity index (χ4v) is 9.11. The highest BCUT2D eigenvalue weighted by atomic mass is 32.2. The molecular formula is C31H43N5O3S2. The largest absolute Gasteiger partial charge is 0.357 e. The van der Waals surface area contributed by atoms with Gasteiger partial charge in [-0.1, -0.05) is 52.8 Å². The fraction of sp³-hybridized carbons (Fsp3) is 0.581. The summed E-state index contributed by atoms with van der Waals surface area (Å²) in [5.74, 6) is 1.12. The Bertz CT molecular complexity index is 1470. The van der Waals surface area contributed by atoms with Crippen molar-refractivity contribution >= 4 is 43.1 Å². The normalized spacial score (nSPS) is 24.0. The Hall–Kier alpha value is -2.56. The average molecular weight is 598 g/mol. The lowest BCUT2D eigenvalue weighted by Crippen LogP contribution is -2.58. The second-order valence-corrected chi connectivity index (χ2v) is 16.2. The zero-order valence-electron chi connectivity index (χ0n) is 24.8. The number of amides is 1. The van der Waals surface area contributed by atoms with Crippen LogP contribution in [0.5, 0.6) is 0 Å². The molecule has 5 rings (SSSR count). The maximum Gasteiger partial charge on any atom is 0.245 e. The molecule has 2 aromatic heterocycles. The third-order valence-electron chi connectivity index (χ3n) is 8.43. The lowest BCUT2D eigenvalue weighted by atomic mass is 9.79. The molecule has 10 heteroatoms. The van der Waals surface area contributed by atoms with E-state index in [0.717, 1.165) is 29.6 Å². The first-order valence-electron chi connectivity index (χ1n) is 14.7. The molecule has 1 saturated carbocycles. The van der Waals surface area contributed by atoms with Crippen LogP contribution >= 0.6 is 11.3 Å². The van der Waals surface area contributed by atoms with Gasteiger partial charge >= 0.3 is 0 Å². The Morgan fingerprint density at radius 2 is 1.80 bits per heavy atom. The number of thiophene rings is 1. The van der Waals surface area contributed by atoms with Crippen LogP contribution in [0.1, 0.15) is 71.6 Å². The number of anilines is 1. The van der Waals surface area contributed by atoms with E-state index in [0.29, 0.717) is 48.5 Å². The van der Waals surface area contributed by atoms with Crippen molar-refractivity contribution in [3.05, 3.63) is 47.6 Å². The molecular weight excluding hydrogens is 555 g/mol. The van der Waals surface area contributed by atoms with E-state index >= 15 is 0 Å². The molecule has 1 aliphatic heterocycles. The summed E-state index contributed by atoms with van der Waals surface area (Å²) in [5, 5.41) is 7.07. The average Bonchev–Trinajstić information content (AvgIpc) is 3.53. The lowest BCUT2D eigenvalue weighted by Gasteiger charge is -2.46. The molecule has 41 heavy (non-hydrogen) atoms. The molecule has 1 aliphatic carbocycles. The van der Waals surface area contributed by atoms with Crippen LogP contribution in [0.15, 0.2) is 47.6 Å². The Labute approximate surface area is 248 Å². The van der Waals surface area contributed by atoms with Crippen molar-refractivity contribution < 1.29 is 13.2 Å². The van der Waals surface area contributed by atoms with E-state index in [-0.39, 0.29) is 17.1 Å². The van der Waals surface area contributed by atoms with Gasteiger partial charge < -0.3 is 15.5 Å². The van der Waals surface area contributed by atoms with Crippen molar-refractivity contribution in [3.63, 3.8) is 0 Å². The lowest BCUT2D eigenvalue weighted by molar-refractivity contribution is -0.134. The van der Waals surface area contributed by atoms with Gasteiger partial charge in [0, 0.05) is 17.5 Å². The van der Waals surface area contributed by atoms with Crippen LogP contribution in [0, 0.1) is 5.92 Å². The van der Waals surface area contributed by atoms with Crippen molar-refractivity contribution in [1.82, 2.24) is 20.2 Å². The van der Waals surface area contributed by atoms with Crippen LogP contribution in [0.3, 0.4) is 0 Å². The zero-order chi connectivity index (χ0) is 29.4.